The van der Waals surface area contributed by atoms with Crippen molar-refractivity contribution in [1.82, 2.24) is 4.98 Å². The van der Waals surface area contributed by atoms with Crippen molar-refractivity contribution in [2.24, 2.45) is 0 Å². The van der Waals surface area contributed by atoms with Gasteiger partial charge in [-0.2, -0.15) is 0 Å². The maximum absolute atomic E-state index is 10.4. The molecule has 0 amide bonds. The van der Waals surface area contributed by atoms with Gasteiger partial charge >= 0.3 is 0 Å². The van der Waals surface area contributed by atoms with E-state index in [4.69, 9.17) is 4.74 Å². The fraction of sp³-hybridized carbons (Fsp3) is 0.438. The number of aliphatic hydroxyl groups excluding tert-OH is 1. The van der Waals surface area contributed by atoms with Gasteiger partial charge in [0.15, 0.2) is 0 Å². The Morgan fingerprint density at radius 3 is 3.05 bits per heavy atom. The molecule has 1 aliphatic heterocycles. The van der Waals surface area contributed by atoms with E-state index in [1.807, 2.05) is 30.5 Å². The van der Waals surface area contributed by atoms with Crippen molar-refractivity contribution >= 4 is 10.8 Å². The molecule has 2 aromatic rings. The maximum Gasteiger partial charge on any atom is 0.0812 e. The average molecular weight is 257 g/mol. The van der Waals surface area contributed by atoms with Crippen molar-refractivity contribution in [3.05, 3.63) is 42.2 Å². The van der Waals surface area contributed by atoms with E-state index >= 15 is 0 Å². The first-order valence-corrected chi connectivity index (χ1v) is 6.97. The molecule has 0 spiro atoms. The SMILES string of the molecule is OC(CCC1CCCO1)c1cncc2ccccc12. The van der Waals surface area contributed by atoms with Crippen molar-refractivity contribution in [2.45, 2.75) is 37.9 Å². The molecular weight excluding hydrogens is 238 g/mol. The lowest BCUT2D eigenvalue weighted by Crippen LogP contribution is -2.08. The third-order valence-electron chi connectivity index (χ3n) is 3.84. The molecule has 2 atom stereocenters. The van der Waals surface area contributed by atoms with Crippen LogP contribution in [0, 0.1) is 0 Å². The predicted octanol–water partition coefficient (Wildman–Crippen LogP) is 3.23. The van der Waals surface area contributed by atoms with Crippen LogP contribution in [0.3, 0.4) is 0 Å². The van der Waals surface area contributed by atoms with Gasteiger partial charge < -0.3 is 9.84 Å². The van der Waals surface area contributed by atoms with E-state index in [0.29, 0.717) is 6.10 Å². The summed E-state index contributed by atoms with van der Waals surface area (Å²) in [6.45, 7) is 0.872. The molecule has 1 fully saturated rings. The normalized spacial score (nSPS) is 20.8. The van der Waals surface area contributed by atoms with Crippen molar-refractivity contribution in [2.75, 3.05) is 6.61 Å². The molecule has 2 unspecified atom stereocenters. The Kier molecular flexibility index (Phi) is 3.76. The number of pyridine rings is 1. The minimum absolute atomic E-state index is 0.331. The van der Waals surface area contributed by atoms with Crippen molar-refractivity contribution in [1.29, 1.82) is 0 Å². The monoisotopic (exact) mass is 257 g/mol. The van der Waals surface area contributed by atoms with Gasteiger partial charge in [-0.25, -0.2) is 0 Å². The molecular formula is C16H19NO2. The van der Waals surface area contributed by atoms with E-state index in [1.165, 1.54) is 0 Å². The summed E-state index contributed by atoms with van der Waals surface area (Å²) in [5.74, 6) is 0. The lowest BCUT2D eigenvalue weighted by Gasteiger charge is -2.15. The van der Waals surface area contributed by atoms with Crippen LogP contribution in [-0.4, -0.2) is 22.8 Å². The summed E-state index contributed by atoms with van der Waals surface area (Å²) in [5, 5.41) is 12.6. The quantitative estimate of drug-likeness (QED) is 0.914. The van der Waals surface area contributed by atoms with E-state index in [2.05, 4.69) is 4.98 Å². The first-order valence-electron chi connectivity index (χ1n) is 6.97. The second-order valence-electron chi connectivity index (χ2n) is 5.18. The lowest BCUT2D eigenvalue weighted by atomic mass is 9.99. The van der Waals surface area contributed by atoms with Crippen LogP contribution in [0.25, 0.3) is 10.8 Å². The summed E-state index contributed by atoms with van der Waals surface area (Å²) < 4.78 is 5.60. The molecule has 1 saturated heterocycles. The molecule has 1 N–H and O–H groups in total. The van der Waals surface area contributed by atoms with Gasteiger partial charge in [0.1, 0.15) is 0 Å². The van der Waals surface area contributed by atoms with Gasteiger partial charge in [-0.15, -0.1) is 0 Å². The van der Waals surface area contributed by atoms with Crippen LogP contribution in [0.5, 0.6) is 0 Å². The molecule has 100 valence electrons. The Labute approximate surface area is 113 Å². The molecule has 1 aromatic heterocycles. The van der Waals surface area contributed by atoms with Crippen LogP contribution in [0.15, 0.2) is 36.7 Å². The van der Waals surface area contributed by atoms with Crippen LogP contribution in [0.2, 0.25) is 0 Å². The van der Waals surface area contributed by atoms with Crippen molar-refractivity contribution in [3.63, 3.8) is 0 Å². The van der Waals surface area contributed by atoms with Crippen LogP contribution in [0.4, 0.5) is 0 Å². The van der Waals surface area contributed by atoms with Gasteiger partial charge in [0.25, 0.3) is 0 Å². The molecule has 0 aliphatic carbocycles. The zero-order chi connectivity index (χ0) is 13.1. The van der Waals surface area contributed by atoms with E-state index in [0.717, 1.165) is 48.6 Å². The summed E-state index contributed by atoms with van der Waals surface area (Å²) >= 11 is 0. The number of aliphatic hydroxyl groups is 1. The number of aromatic nitrogens is 1. The van der Waals surface area contributed by atoms with Gasteiger partial charge in [0, 0.05) is 30.0 Å². The smallest absolute Gasteiger partial charge is 0.0812 e. The number of fused-ring (bicyclic) bond motifs is 1. The number of rotatable bonds is 4. The Bertz CT molecular complexity index is 544. The largest absolute Gasteiger partial charge is 0.388 e. The van der Waals surface area contributed by atoms with E-state index in [9.17, 15) is 5.11 Å². The molecule has 3 rings (SSSR count). The van der Waals surface area contributed by atoms with Crippen LogP contribution >= 0.6 is 0 Å². The summed E-state index contributed by atoms with van der Waals surface area (Å²) in [7, 11) is 0. The average Bonchev–Trinajstić information content (AvgIpc) is 2.97. The fourth-order valence-electron chi connectivity index (χ4n) is 2.78. The molecule has 19 heavy (non-hydrogen) atoms. The molecule has 0 saturated carbocycles. The number of ether oxygens (including phenoxy) is 1. The van der Waals surface area contributed by atoms with Gasteiger partial charge in [0.2, 0.25) is 0 Å². The molecule has 0 radical (unpaired) electrons. The number of hydrogen-bond acceptors (Lipinski definition) is 3. The minimum Gasteiger partial charge on any atom is -0.388 e. The van der Waals surface area contributed by atoms with Crippen LogP contribution < -0.4 is 0 Å². The van der Waals surface area contributed by atoms with E-state index in [-0.39, 0.29) is 0 Å². The zero-order valence-electron chi connectivity index (χ0n) is 11.0. The third kappa shape index (κ3) is 2.77. The molecule has 3 nitrogen and oxygen atoms in total. The van der Waals surface area contributed by atoms with E-state index < -0.39 is 6.10 Å². The standard InChI is InChI=1S/C16H19NO2/c18-16(8-7-13-5-3-9-19-13)15-11-17-10-12-4-1-2-6-14(12)15/h1-2,4,6,10-11,13,16,18H,3,5,7-9H2. The summed E-state index contributed by atoms with van der Waals surface area (Å²) in [4.78, 5) is 4.22. The Balaban J connectivity index is 1.75. The van der Waals surface area contributed by atoms with Crippen LogP contribution in [0.1, 0.15) is 37.4 Å². The Hall–Kier alpha value is -1.45. The van der Waals surface area contributed by atoms with Gasteiger partial charge in [-0.3, -0.25) is 4.98 Å². The molecule has 3 heteroatoms. The van der Waals surface area contributed by atoms with Crippen LogP contribution in [-0.2, 0) is 4.74 Å². The highest BCUT2D eigenvalue weighted by Crippen LogP contribution is 2.28. The van der Waals surface area contributed by atoms with Crippen molar-refractivity contribution in [3.8, 4) is 0 Å². The third-order valence-corrected chi connectivity index (χ3v) is 3.84. The number of nitrogens with zero attached hydrogens (tertiary/aromatic N) is 1. The summed E-state index contributed by atoms with van der Waals surface area (Å²) in [6.07, 6.45) is 7.43. The zero-order valence-corrected chi connectivity index (χ0v) is 11.0. The molecule has 2 heterocycles. The first kappa shape index (κ1) is 12.6. The van der Waals surface area contributed by atoms with Crippen molar-refractivity contribution < 1.29 is 9.84 Å². The van der Waals surface area contributed by atoms with Gasteiger partial charge in [0.05, 0.1) is 12.2 Å². The molecule has 1 aliphatic rings. The minimum atomic E-state index is -0.456. The predicted molar refractivity (Wildman–Crippen MR) is 74.9 cm³/mol. The number of hydrogen-bond donors (Lipinski definition) is 1. The second kappa shape index (κ2) is 5.68. The second-order valence-corrected chi connectivity index (χ2v) is 5.18. The molecule has 1 aromatic carbocycles. The first-order chi connectivity index (χ1) is 9.34. The highest BCUT2D eigenvalue weighted by atomic mass is 16.5. The number of benzene rings is 1. The fourth-order valence-corrected chi connectivity index (χ4v) is 2.78. The maximum atomic E-state index is 10.4. The lowest BCUT2D eigenvalue weighted by molar-refractivity contribution is 0.0815. The Morgan fingerprint density at radius 2 is 2.21 bits per heavy atom. The Morgan fingerprint density at radius 1 is 1.32 bits per heavy atom. The van der Waals surface area contributed by atoms with Gasteiger partial charge in [-0.05, 0) is 31.1 Å². The highest BCUT2D eigenvalue weighted by Gasteiger charge is 2.18. The van der Waals surface area contributed by atoms with Gasteiger partial charge in [-0.1, -0.05) is 24.3 Å². The summed E-state index contributed by atoms with van der Waals surface area (Å²) in [6, 6.07) is 8.06. The molecule has 0 bridgehead atoms. The topological polar surface area (TPSA) is 42.4 Å². The van der Waals surface area contributed by atoms with E-state index in [1.54, 1.807) is 6.20 Å². The summed E-state index contributed by atoms with van der Waals surface area (Å²) in [5.41, 5.74) is 0.927. The highest BCUT2D eigenvalue weighted by molar-refractivity contribution is 5.84.